The van der Waals surface area contributed by atoms with E-state index in [4.69, 9.17) is 0 Å². The third-order valence-corrected chi connectivity index (χ3v) is 7.99. The molecule has 2 amide bonds. The van der Waals surface area contributed by atoms with E-state index in [1.807, 2.05) is 11.9 Å². The Morgan fingerprint density at radius 1 is 1.00 bits per heavy atom. The highest BCUT2D eigenvalue weighted by atomic mass is 19.4. The molecular formula is C28H35F3N6O2. The van der Waals surface area contributed by atoms with Crippen molar-refractivity contribution in [2.75, 3.05) is 38.5 Å². The van der Waals surface area contributed by atoms with Gasteiger partial charge in [0.25, 0.3) is 5.91 Å². The second-order valence-electron chi connectivity index (χ2n) is 11.0. The minimum atomic E-state index is -4.58. The minimum Gasteiger partial charge on any atom is -0.353 e. The number of carbonyl (C=O) groups is 2. The molecule has 5 rings (SSSR count). The van der Waals surface area contributed by atoms with Gasteiger partial charge in [0.05, 0.1) is 11.3 Å². The van der Waals surface area contributed by atoms with Crippen LogP contribution in [0.4, 0.5) is 24.8 Å². The molecule has 2 N–H and O–H groups in total. The number of alkyl halides is 3. The molecular weight excluding hydrogens is 509 g/mol. The fourth-order valence-electron chi connectivity index (χ4n) is 5.42. The van der Waals surface area contributed by atoms with Gasteiger partial charge in [-0.25, -0.2) is 9.97 Å². The average molecular weight is 545 g/mol. The number of anilines is 2. The Bertz CT molecular complexity index is 1180. The lowest BCUT2D eigenvalue weighted by Crippen LogP contribution is -2.47. The maximum absolute atomic E-state index is 13.9. The first-order valence-corrected chi connectivity index (χ1v) is 13.8. The summed E-state index contributed by atoms with van der Waals surface area (Å²) in [5, 5.41) is 6.08. The number of nitrogens with one attached hydrogen (secondary N) is 2. The van der Waals surface area contributed by atoms with E-state index < -0.39 is 11.7 Å². The number of likely N-dealkylation sites (N-methyl/N-ethyl adjacent to an activating group) is 1. The Hall–Kier alpha value is -3.21. The molecule has 2 heterocycles. The molecule has 0 bridgehead atoms. The van der Waals surface area contributed by atoms with Gasteiger partial charge in [-0.2, -0.15) is 13.2 Å². The number of nitrogens with zero attached hydrogens (tertiary/aromatic N) is 4. The highest BCUT2D eigenvalue weighted by Crippen LogP contribution is 2.36. The normalized spacial score (nSPS) is 22.4. The predicted octanol–water partition coefficient (Wildman–Crippen LogP) is 4.25. The molecule has 3 fully saturated rings. The molecule has 1 aliphatic heterocycles. The molecule has 0 spiro atoms. The summed E-state index contributed by atoms with van der Waals surface area (Å²) in [4.78, 5) is 37.4. The largest absolute Gasteiger partial charge is 0.419 e. The lowest BCUT2D eigenvalue weighted by atomic mass is 9.81. The van der Waals surface area contributed by atoms with E-state index in [9.17, 15) is 22.8 Å². The first kappa shape index (κ1) is 27.4. The van der Waals surface area contributed by atoms with Gasteiger partial charge in [0.1, 0.15) is 0 Å². The summed E-state index contributed by atoms with van der Waals surface area (Å²) in [7, 11) is 2.03. The number of rotatable bonds is 7. The second kappa shape index (κ2) is 11.5. The summed E-state index contributed by atoms with van der Waals surface area (Å²) < 4.78 is 41.6. The van der Waals surface area contributed by atoms with Crippen molar-refractivity contribution in [3.05, 3.63) is 47.3 Å². The third-order valence-electron chi connectivity index (χ3n) is 7.99. The number of amides is 2. The van der Waals surface area contributed by atoms with Crippen LogP contribution in [-0.2, 0) is 17.4 Å². The van der Waals surface area contributed by atoms with Crippen LogP contribution in [0, 0.1) is 11.8 Å². The van der Waals surface area contributed by atoms with Crippen LogP contribution in [0.5, 0.6) is 0 Å². The quantitative estimate of drug-likeness (QED) is 0.542. The van der Waals surface area contributed by atoms with Crippen LogP contribution in [0.25, 0.3) is 0 Å². The van der Waals surface area contributed by atoms with Crippen molar-refractivity contribution in [3.63, 3.8) is 0 Å². The van der Waals surface area contributed by atoms with Gasteiger partial charge in [0, 0.05) is 55.6 Å². The lowest BCUT2D eigenvalue weighted by molar-refractivity contribution is -0.139. The number of piperazine rings is 1. The van der Waals surface area contributed by atoms with E-state index in [1.165, 1.54) is 0 Å². The molecule has 1 aromatic carbocycles. The van der Waals surface area contributed by atoms with Crippen molar-refractivity contribution in [2.24, 2.45) is 11.8 Å². The Labute approximate surface area is 226 Å². The minimum absolute atomic E-state index is 0.0162. The molecule has 210 valence electrons. The Morgan fingerprint density at radius 2 is 1.69 bits per heavy atom. The molecule has 0 radical (unpaired) electrons. The summed E-state index contributed by atoms with van der Waals surface area (Å²) in [5.74, 6) is -0.0341. The van der Waals surface area contributed by atoms with Gasteiger partial charge in [-0.15, -0.1) is 0 Å². The molecule has 0 unspecified atom stereocenters. The number of benzene rings is 1. The van der Waals surface area contributed by atoms with Crippen molar-refractivity contribution < 1.29 is 22.8 Å². The van der Waals surface area contributed by atoms with E-state index in [2.05, 4.69) is 25.5 Å². The van der Waals surface area contributed by atoms with E-state index in [1.54, 1.807) is 24.3 Å². The van der Waals surface area contributed by atoms with Crippen LogP contribution in [0.3, 0.4) is 0 Å². The Kier molecular flexibility index (Phi) is 8.06. The van der Waals surface area contributed by atoms with Crippen molar-refractivity contribution in [2.45, 2.75) is 57.2 Å². The van der Waals surface area contributed by atoms with Crippen molar-refractivity contribution >= 4 is 23.5 Å². The molecule has 3 aliphatic rings. The Balaban J connectivity index is 1.29. The van der Waals surface area contributed by atoms with Crippen LogP contribution in [-0.4, -0.2) is 70.9 Å². The summed E-state index contributed by atoms with van der Waals surface area (Å²) >= 11 is 0. The molecule has 2 aliphatic carbocycles. The molecule has 2 atom stereocenters. The van der Waals surface area contributed by atoms with Gasteiger partial charge in [-0.1, -0.05) is 12.8 Å². The zero-order chi connectivity index (χ0) is 27.6. The Morgan fingerprint density at radius 3 is 2.36 bits per heavy atom. The molecule has 39 heavy (non-hydrogen) atoms. The first-order valence-electron chi connectivity index (χ1n) is 13.8. The topological polar surface area (TPSA) is 90.5 Å². The SMILES string of the molecule is CN1CCN(C(=O)c2ccc(Nc3ncc(C(F)(F)F)c(C[C@@H]4CCCC[C@@H]4NC(=O)C4CC4)n3)cc2)CC1. The molecule has 1 saturated heterocycles. The highest BCUT2D eigenvalue weighted by Gasteiger charge is 2.38. The fraction of sp³-hybridized carbons (Fsp3) is 0.571. The first-order chi connectivity index (χ1) is 18.7. The molecule has 2 aromatic rings. The van der Waals surface area contributed by atoms with Crippen LogP contribution in [0.2, 0.25) is 0 Å². The van der Waals surface area contributed by atoms with Crippen molar-refractivity contribution in [3.8, 4) is 0 Å². The zero-order valence-electron chi connectivity index (χ0n) is 22.1. The summed E-state index contributed by atoms with van der Waals surface area (Å²) in [5.41, 5.74) is 0.206. The maximum Gasteiger partial charge on any atom is 0.419 e. The van der Waals surface area contributed by atoms with Gasteiger partial charge in [-0.3, -0.25) is 9.59 Å². The van der Waals surface area contributed by atoms with Crippen molar-refractivity contribution in [1.82, 2.24) is 25.1 Å². The van der Waals surface area contributed by atoms with Gasteiger partial charge in [0.2, 0.25) is 11.9 Å². The summed E-state index contributed by atoms with van der Waals surface area (Å²) in [6.45, 7) is 2.99. The number of hydrogen-bond acceptors (Lipinski definition) is 6. The molecule has 1 aromatic heterocycles. The third kappa shape index (κ3) is 6.87. The van der Waals surface area contributed by atoms with Crippen LogP contribution < -0.4 is 10.6 Å². The van der Waals surface area contributed by atoms with E-state index in [-0.39, 0.29) is 47.8 Å². The van der Waals surface area contributed by atoms with E-state index in [0.29, 0.717) is 24.3 Å². The van der Waals surface area contributed by atoms with Gasteiger partial charge < -0.3 is 20.4 Å². The lowest BCUT2D eigenvalue weighted by Gasteiger charge is -2.32. The van der Waals surface area contributed by atoms with E-state index >= 15 is 0 Å². The number of hydrogen-bond donors (Lipinski definition) is 2. The molecule has 11 heteroatoms. The van der Waals surface area contributed by atoms with Gasteiger partial charge in [-0.05, 0) is 69.3 Å². The maximum atomic E-state index is 13.9. The van der Waals surface area contributed by atoms with E-state index in [0.717, 1.165) is 57.8 Å². The summed E-state index contributed by atoms with van der Waals surface area (Å²) in [6, 6.07) is 6.65. The fourth-order valence-corrected chi connectivity index (χ4v) is 5.42. The molecule has 2 saturated carbocycles. The molecule has 8 nitrogen and oxygen atoms in total. The monoisotopic (exact) mass is 544 g/mol. The second-order valence-corrected chi connectivity index (χ2v) is 11.0. The van der Waals surface area contributed by atoms with Gasteiger partial charge >= 0.3 is 6.18 Å². The van der Waals surface area contributed by atoms with Crippen LogP contribution >= 0.6 is 0 Å². The summed E-state index contributed by atoms with van der Waals surface area (Å²) in [6.07, 6.45) is 1.49. The number of carbonyl (C=O) groups excluding carboxylic acids is 2. The standard InChI is InChI=1S/C28H35F3N6O2/c1-36-12-14-37(15-13-36)26(39)19-8-10-21(11-9-19)33-27-32-17-22(28(29,30)31)24(35-27)16-20-4-2-3-5-23(20)34-25(38)18-6-7-18/h8-11,17-18,20,23H,2-7,12-16H2,1H3,(H,34,38)(H,32,33,35)/t20-,23-/m0/s1. The van der Waals surface area contributed by atoms with Crippen LogP contribution in [0.1, 0.15) is 60.1 Å². The predicted molar refractivity (Wildman–Crippen MR) is 140 cm³/mol. The number of aromatic nitrogens is 2. The number of halogens is 3. The smallest absolute Gasteiger partial charge is 0.353 e. The highest BCUT2D eigenvalue weighted by molar-refractivity contribution is 5.94. The zero-order valence-corrected chi connectivity index (χ0v) is 22.1. The van der Waals surface area contributed by atoms with Crippen LogP contribution in [0.15, 0.2) is 30.5 Å². The van der Waals surface area contributed by atoms with Gasteiger partial charge in [0.15, 0.2) is 0 Å². The average Bonchev–Trinajstić information content (AvgIpc) is 3.76. The van der Waals surface area contributed by atoms with Crippen molar-refractivity contribution in [1.29, 1.82) is 0 Å².